The Morgan fingerprint density at radius 1 is 1.33 bits per heavy atom. The number of carboxylic acid groups (broad SMARTS) is 1. The molecule has 0 aliphatic heterocycles. The van der Waals surface area contributed by atoms with Crippen molar-refractivity contribution in [3.8, 4) is 0 Å². The van der Waals surface area contributed by atoms with Gasteiger partial charge in [-0.25, -0.2) is 0 Å². The number of rotatable bonds is 3. The van der Waals surface area contributed by atoms with E-state index in [4.69, 9.17) is 5.11 Å². The van der Waals surface area contributed by atoms with E-state index in [-0.39, 0.29) is 0 Å². The molecule has 1 atom stereocenters. The number of aliphatic carboxylic acids is 1. The lowest BCUT2D eigenvalue weighted by molar-refractivity contribution is -0.136. The largest absolute Gasteiger partial charge is 0.480 e. The van der Waals surface area contributed by atoms with Crippen LogP contribution in [-0.4, -0.2) is 15.9 Å². The van der Waals surface area contributed by atoms with Gasteiger partial charge in [0, 0.05) is 0 Å². The molecule has 0 aromatic heterocycles. The lowest BCUT2D eigenvalue weighted by Gasteiger charge is -2.12. The van der Waals surface area contributed by atoms with Crippen molar-refractivity contribution in [1.82, 2.24) is 0 Å². The van der Waals surface area contributed by atoms with Gasteiger partial charge in [0.05, 0.1) is 0 Å². The third kappa shape index (κ3) is 3.06. The first kappa shape index (κ1) is 12.2. The third-order valence-electron chi connectivity index (χ3n) is 2.49. The molecule has 0 aliphatic rings. The molecule has 3 heteroatoms. The summed E-state index contributed by atoms with van der Waals surface area (Å²) in [5.41, 5.74) is 4.68. The van der Waals surface area contributed by atoms with E-state index in [1.165, 1.54) is 16.7 Å². The average molecular weight is 271 g/mol. The summed E-state index contributed by atoms with van der Waals surface area (Å²) < 4.78 is 0. The van der Waals surface area contributed by atoms with Gasteiger partial charge in [-0.3, -0.25) is 4.79 Å². The van der Waals surface area contributed by atoms with Crippen molar-refractivity contribution < 1.29 is 9.90 Å². The molecule has 1 aromatic rings. The number of hydrogen-bond donors (Lipinski definition) is 1. The number of carbonyl (C=O) groups is 1. The van der Waals surface area contributed by atoms with Gasteiger partial charge < -0.3 is 5.11 Å². The van der Waals surface area contributed by atoms with E-state index >= 15 is 0 Å². The Hall–Kier alpha value is -0.830. The van der Waals surface area contributed by atoms with E-state index in [1.807, 2.05) is 20.8 Å². The van der Waals surface area contributed by atoms with E-state index in [2.05, 4.69) is 28.1 Å². The van der Waals surface area contributed by atoms with Crippen LogP contribution in [0.2, 0.25) is 0 Å². The molecule has 0 spiro atoms. The van der Waals surface area contributed by atoms with Gasteiger partial charge in [0.25, 0.3) is 0 Å². The van der Waals surface area contributed by atoms with Crippen LogP contribution in [0.1, 0.15) is 22.3 Å². The molecular formula is C12H15BrO2. The summed E-state index contributed by atoms with van der Waals surface area (Å²) in [7, 11) is 0. The van der Waals surface area contributed by atoms with Crippen molar-refractivity contribution in [2.45, 2.75) is 32.0 Å². The van der Waals surface area contributed by atoms with E-state index in [0.717, 1.165) is 5.56 Å². The first-order valence-electron chi connectivity index (χ1n) is 4.85. The zero-order valence-corrected chi connectivity index (χ0v) is 10.8. The van der Waals surface area contributed by atoms with E-state index in [9.17, 15) is 4.79 Å². The molecule has 0 amide bonds. The van der Waals surface area contributed by atoms with Crippen LogP contribution in [0, 0.1) is 20.8 Å². The number of halogens is 1. The molecular weight excluding hydrogens is 256 g/mol. The highest BCUT2D eigenvalue weighted by molar-refractivity contribution is 9.10. The molecule has 0 saturated carbocycles. The molecule has 0 fully saturated rings. The Kier molecular flexibility index (Phi) is 3.91. The fourth-order valence-corrected chi connectivity index (χ4v) is 2.12. The summed E-state index contributed by atoms with van der Waals surface area (Å²) in [4.78, 5) is 10.2. The van der Waals surface area contributed by atoms with Crippen molar-refractivity contribution in [2.24, 2.45) is 0 Å². The zero-order chi connectivity index (χ0) is 11.6. The number of hydrogen-bond acceptors (Lipinski definition) is 1. The number of benzene rings is 1. The second kappa shape index (κ2) is 4.79. The predicted octanol–water partition coefficient (Wildman–Crippen LogP) is 3.00. The molecule has 0 saturated heterocycles. The van der Waals surface area contributed by atoms with Crippen LogP contribution < -0.4 is 0 Å². The van der Waals surface area contributed by atoms with Crippen molar-refractivity contribution in [2.75, 3.05) is 0 Å². The monoisotopic (exact) mass is 270 g/mol. The average Bonchev–Trinajstić information content (AvgIpc) is 2.10. The Labute approximate surface area is 98.4 Å². The Balaban J connectivity index is 3.00. The SMILES string of the molecule is Cc1cc(C)c(CC(Br)C(=O)O)c(C)c1. The van der Waals surface area contributed by atoms with Gasteiger partial charge in [0.1, 0.15) is 4.83 Å². The minimum Gasteiger partial charge on any atom is -0.480 e. The molecule has 0 aliphatic carbocycles. The van der Waals surface area contributed by atoms with Gasteiger partial charge in [0.15, 0.2) is 0 Å². The van der Waals surface area contributed by atoms with E-state index < -0.39 is 10.8 Å². The summed E-state index contributed by atoms with van der Waals surface area (Å²) in [5, 5.41) is 8.83. The second-order valence-electron chi connectivity index (χ2n) is 3.89. The lowest BCUT2D eigenvalue weighted by Crippen LogP contribution is -2.16. The van der Waals surface area contributed by atoms with Crippen LogP contribution >= 0.6 is 15.9 Å². The van der Waals surface area contributed by atoms with Crippen LogP contribution in [-0.2, 0) is 11.2 Å². The summed E-state index contributed by atoms with van der Waals surface area (Å²) in [6, 6.07) is 4.17. The highest BCUT2D eigenvalue weighted by Gasteiger charge is 2.16. The number of carboxylic acids is 1. The minimum atomic E-state index is -0.811. The molecule has 15 heavy (non-hydrogen) atoms. The predicted molar refractivity (Wildman–Crippen MR) is 64.7 cm³/mol. The number of aryl methyl sites for hydroxylation is 3. The zero-order valence-electron chi connectivity index (χ0n) is 9.17. The Morgan fingerprint density at radius 2 is 1.80 bits per heavy atom. The van der Waals surface area contributed by atoms with Crippen molar-refractivity contribution in [1.29, 1.82) is 0 Å². The van der Waals surface area contributed by atoms with Gasteiger partial charge in [-0.05, 0) is 43.9 Å². The highest BCUT2D eigenvalue weighted by Crippen LogP contribution is 2.20. The van der Waals surface area contributed by atoms with Gasteiger partial charge in [0.2, 0.25) is 0 Å². The number of alkyl halides is 1. The van der Waals surface area contributed by atoms with Crippen molar-refractivity contribution >= 4 is 21.9 Å². The van der Waals surface area contributed by atoms with Crippen LogP contribution in [0.15, 0.2) is 12.1 Å². The van der Waals surface area contributed by atoms with Crippen LogP contribution in [0.25, 0.3) is 0 Å². The van der Waals surface area contributed by atoms with Crippen LogP contribution in [0.5, 0.6) is 0 Å². The molecule has 0 radical (unpaired) electrons. The Morgan fingerprint density at radius 3 is 2.20 bits per heavy atom. The summed E-state index contributed by atoms with van der Waals surface area (Å²) in [6.07, 6.45) is 0.535. The van der Waals surface area contributed by atoms with Gasteiger partial charge in [-0.2, -0.15) is 0 Å². The standard InChI is InChI=1S/C12H15BrO2/c1-7-4-8(2)10(9(3)5-7)6-11(13)12(14)15/h4-5,11H,6H2,1-3H3,(H,14,15). The first-order chi connectivity index (χ1) is 6.91. The molecule has 1 rings (SSSR count). The maximum atomic E-state index is 10.7. The molecule has 1 unspecified atom stereocenters. The highest BCUT2D eigenvalue weighted by atomic mass is 79.9. The quantitative estimate of drug-likeness (QED) is 0.858. The minimum absolute atomic E-state index is 0.502. The molecule has 1 aromatic carbocycles. The summed E-state index contributed by atoms with van der Waals surface area (Å²) in [5.74, 6) is -0.811. The molecule has 2 nitrogen and oxygen atoms in total. The van der Waals surface area contributed by atoms with Gasteiger partial charge in [-0.1, -0.05) is 33.6 Å². The molecule has 0 heterocycles. The third-order valence-corrected chi connectivity index (χ3v) is 3.21. The smallest absolute Gasteiger partial charge is 0.317 e. The lowest BCUT2D eigenvalue weighted by atomic mass is 9.96. The van der Waals surface area contributed by atoms with Crippen LogP contribution in [0.4, 0.5) is 0 Å². The fourth-order valence-electron chi connectivity index (χ4n) is 1.80. The van der Waals surface area contributed by atoms with E-state index in [1.54, 1.807) is 0 Å². The van der Waals surface area contributed by atoms with E-state index in [0.29, 0.717) is 6.42 Å². The van der Waals surface area contributed by atoms with Gasteiger partial charge >= 0.3 is 5.97 Å². The summed E-state index contributed by atoms with van der Waals surface area (Å²) >= 11 is 3.17. The second-order valence-corrected chi connectivity index (χ2v) is 4.99. The normalized spacial score (nSPS) is 12.5. The molecule has 0 bridgehead atoms. The Bertz CT molecular complexity index is 362. The maximum absolute atomic E-state index is 10.7. The van der Waals surface area contributed by atoms with Crippen molar-refractivity contribution in [3.05, 3.63) is 34.4 Å². The van der Waals surface area contributed by atoms with Crippen LogP contribution in [0.3, 0.4) is 0 Å². The molecule has 1 N–H and O–H groups in total. The van der Waals surface area contributed by atoms with Gasteiger partial charge in [-0.15, -0.1) is 0 Å². The fraction of sp³-hybridized carbons (Fsp3) is 0.417. The maximum Gasteiger partial charge on any atom is 0.317 e. The first-order valence-corrected chi connectivity index (χ1v) is 5.77. The topological polar surface area (TPSA) is 37.3 Å². The summed E-state index contributed by atoms with van der Waals surface area (Å²) in [6.45, 7) is 6.10. The molecule has 82 valence electrons. The van der Waals surface area contributed by atoms with Crippen molar-refractivity contribution in [3.63, 3.8) is 0 Å².